The van der Waals surface area contributed by atoms with Crippen LogP contribution >= 0.6 is 0 Å². The number of hydrogen-bond acceptors (Lipinski definition) is 2. The van der Waals surface area contributed by atoms with Crippen molar-refractivity contribution in [3.8, 4) is 0 Å². The summed E-state index contributed by atoms with van der Waals surface area (Å²) in [7, 11) is 0. The van der Waals surface area contributed by atoms with E-state index >= 15 is 0 Å². The van der Waals surface area contributed by atoms with Gasteiger partial charge < -0.3 is 10.1 Å². The zero-order chi connectivity index (χ0) is 12.1. The van der Waals surface area contributed by atoms with Crippen LogP contribution in [0, 0.1) is 11.3 Å². The second-order valence-electron chi connectivity index (χ2n) is 6.54. The summed E-state index contributed by atoms with van der Waals surface area (Å²) in [4.78, 5) is 0. The van der Waals surface area contributed by atoms with Crippen molar-refractivity contribution in [2.45, 2.75) is 64.8 Å². The number of nitrogens with one attached hydrogen (secondary N) is 1. The van der Waals surface area contributed by atoms with Gasteiger partial charge >= 0.3 is 0 Å². The molecule has 1 N–H and O–H groups in total. The Balaban J connectivity index is 1.67. The van der Waals surface area contributed by atoms with Crippen molar-refractivity contribution in [3.05, 3.63) is 0 Å². The minimum absolute atomic E-state index is 0.426. The van der Waals surface area contributed by atoms with Crippen LogP contribution in [-0.2, 0) is 4.74 Å². The van der Waals surface area contributed by atoms with Crippen molar-refractivity contribution in [2.75, 3.05) is 19.8 Å². The van der Waals surface area contributed by atoms with Gasteiger partial charge in [-0.2, -0.15) is 0 Å². The number of rotatable bonds is 5. The molecule has 0 bridgehead atoms. The Hall–Kier alpha value is -0.0800. The minimum Gasteiger partial charge on any atom is -0.380 e. The average molecular weight is 239 g/mol. The maximum absolute atomic E-state index is 5.31. The van der Waals surface area contributed by atoms with Crippen molar-refractivity contribution in [1.29, 1.82) is 0 Å². The van der Waals surface area contributed by atoms with Crippen LogP contribution in [0.5, 0.6) is 0 Å². The van der Waals surface area contributed by atoms with Crippen LogP contribution in [0.2, 0.25) is 0 Å². The van der Waals surface area contributed by atoms with Crippen LogP contribution in [-0.4, -0.2) is 25.8 Å². The van der Waals surface area contributed by atoms with Gasteiger partial charge in [-0.3, -0.25) is 0 Å². The van der Waals surface area contributed by atoms with Gasteiger partial charge in [0.15, 0.2) is 0 Å². The van der Waals surface area contributed by atoms with E-state index in [1.54, 1.807) is 0 Å². The molecule has 1 aliphatic carbocycles. The van der Waals surface area contributed by atoms with Crippen LogP contribution < -0.4 is 5.32 Å². The molecule has 0 radical (unpaired) electrons. The summed E-state index contributed by atoms with van der Waals surface area (Å²) in [5.74, 6) is 1.01. The fourth-order valence-electron chi connectivity index (χ4n) is 3.22. The van der Waals surface area contributed by atoms with Gasteiger partial charge in [0.1, 0.15) is 0 Å². The van der Waals surface area contributed by atoms with Crippen molar-refractivity contribution < 1.29 is 4.74 Å². The molecule has 0 aromatic rings. The maximum atomic E-state index is 5.31. The first-order chi connectivity index (χ1) is 8.22. The van der Waals surface area contributed by atoms with Crippen molar-refractivity contribution >= 4 is 0 Å². The summed E-state index contributed by atoms with van der Waals surface area (Å²) in [6.45, 7) is 7.70. The highest BCUT2D eigenvalue weighted by atomic mass is 16.5. The van der Waals surface area contributed by atoms with E-state index < -0.39 is 0 Å². The van der Waals surface area contributed by atoms with E-state index in [0.717, 1.165) is 31.7 Å². The van der Waals surface area contributed by atoms with E-state index in [-0.39, 0.29) is 0 Å². The summed E-state index contributed by atoms with van der Waals surface area (Å²) in [6, 6.07) is 0.772. The molecule has 2 rings (SSSR count). The first-order valence-corrected chi connectivity index (χ1v) is 7.53. The summed E-state index contributed by atoms with van der Waals surface area (Å²) >= 11 is 0. The zero-order valence-corrected chi connectivity index (χ0v) is 11.6. The van der Waals surface area contributed by atoms with Gasteiger partial charge in [-0.1, -0.05) is 39.5 Å². The highest BCUT2D eigenvalue weighted by Gasteiger charge is 2.33. The highest BCUT2D eigenvalue weighted by molar-refractivity contribution is 4.85. The molecule has 17 heavy (non-hydrogen) atoms. The molecule has 100 valence electrons. The topological polar surface area (TPSA) is 21.3 Å². The van der Waals surface area contributed by atoms with E-state index in [0.29, 0.717) is 5.41 Å². The number of ether oxygens (including phenoxy) is 1. The third-order valence-electron chi connectivity index (χ3n) is 4.50. The molecule has 2 heteroatoms. The molecule has 1 saturated heterocycles. The molecule has 2 atom stereocenters. The van der Waals surface area contributed by atoms with Crippen LogP contribution in [0.1, 0.15) is 58.8 Å². The largest absolute Gasteiger partial charge is 0.380 e. The molecule has 1 saturated carbocycles. The van der Waals surface area contributed by atoms with E-state index in [2.05, 4.69) is 19.2 Å². The van der Waals surface area contributed by atoms with Gasteiger partial charge in [0, 0.05) is 18.0 Å². The molecule has 2 nitrogen and oxygen atoms in total. The second kappa shape index (κ2) is 6.19. The lowest BCUT2D eigenvalue weighted by molar-refractivity contribution is -0.100. The fraction of sp³-hybridized carbons (Fsp3) is 1.00. The van der Waals surface area contributed by atoms with Gasteiger partial charge in [-0.25, -0.2) is 0 Å². The van der Waals surface area contributed by atoms with Gasteiger partial charge in [0.2, 0.25) is 0 Å². The SMILES string of the molecule is CCCC1CCCC(NCC2(C)COC2)CC1. The molecule has 2 aliphatic rings. The van der Waals surface area contributed by atoms with E-state index in [4.69, 9.17) is 4.74 Å². The summed E-state index contributed by atoms with van der Waals surface area (Å²) in [5, 5.41) is 3.79. The normalized spacial score (nSPS) is 32.8. The first-order valence-electron chi connectivity index (χ1n) is 7.53. The molecule has 2 fully saturated rings. The molecule has 1 heterocycles. The second-order valence-corrected chi connectivity index (χ2v) is 6.54. The lowest BCUT2D eigenvalue weighted by Gasteiger charge is -2.39. The number of hydrogen-bond donors (Lipinski definition) is 1. The summed E-state index contributed by atoms with van der Waals surface area (Å²) in [5.41, 5.74) is 0.426. The average Bonchev–Trinajstić information content (AvgIpc) is 2.50. The van der Waals surface area contributed by atoms with Gasteiger partial charge in [-0.05, 0) is 25.2 Å². The smallest absolute Gasteiger partial charge is 0.0554 e. The predicted molar refractivity (Wildman–Crippen MR) is 72.2 cm³/mol. The zero-order valence-electron chi connectivity index (χ0n) is 11.6. The molecular weight excluding hydrogens is 210 g/mol. The van der Waals surface area contributed by atoms with Crippen molar-refractivity contribution in [1.82, 2.24) is 5.32 Å². The molecule has 0 amide bonds. The quantitative estimate of drug-likeness (QED) is 0.743. The van der Waals surface area contributed by atoms with Crippen LogP contribution in [0.3, 0.4) is 0 Å². The molecule has 2 unspecified atom stereocenters. The van der Waals surface area contributed by atoms with Crippen LogP contribution in [0.15, 0.2) is 0 Å². The summed E-state index contributed by atoms with van der Waals surface area (Å²) < 4.78 is 5.31. The fourth-order valence-corrected chi connectivity index (χ4v) is 3.22. The third-order valence-corrected chi connectivity index (χ3v) is 4.50. The molecule has 0 spiro atoms. The molecular formula is C15H29NO. The van der Waals surface area contributed by atoms with Crippen molar-refractivity contribution in [2.24, 2.45) is 11.3 Å². The predicted octanol–water partition coefficient (Wildman–Crippen LogP) is 3.36. The first kappa shape index (κ1) is 13.4. The standard InChI is InChI=1S/C15H29NO/c1-3-5-13-6-4-7-14(9-8-13)16-10-15(2)11-17-12-15/h13-14,16H,3-12H2,1-2H3. The Bertz CT molecular complexity index is 225. The van der Waals surface area contributed by atoms with Crippen molar-refractivity contribution in [3.63, 3.8) is 0 Å². The van der Waals surface area contributed by atoms with Gasteiger partial charge in [0.25, 0.3) is 0 Å². The van der Waals surface area contributed by atoms with E-state index in [1.165, 1.54) is 44.9 Å². The van der Waals surface area contributed by atoms with E-state index in [9.17, 15) is 0 Å². The molecule has 0 aromatic carbocycles. The minimum atomic E-state index is 0.426. The lowest BCUT2D eigenvalue weighted by atomic mass is 9.88. The highest BCUT2D eigenvalue weighted by Crippen LogP contribution is 2.29. The van der Waals surface area contributed by atoms with Gasteiger partial charge in [0.05, 0.1) is 13.2 Å². The Morgan fingerprint density at radius 1 is 1.18 bits per heavy atom. The summed E-state index contributed by atoms with van der Waals surface area (Å²) in [6.07, 6.45) is 9.91. The van der Waals surface area contributed by atoms with Crippen LogP contribution in [0.4, 0.5) is 0 Å². The van der Waals surface area contributed by atoms with Crippen LogP contribution in [0.25, 0.3) is 0 Å². The lowest BCUT2D eigenvalue weighted by Crippen LogP contribution is -2.49. The van der Waals surface area contributed by atoms with Gasteiger partial charge in [-0.15, -0.1) is 0 Å². The molecule has 0 aromatic heterocycles. The maximum Gasteiger partial charge on any atom is 0.0554 e. The third kappa shape index (κ3) is 3.96. The van der Waals surface area contributed by atoms with E-state index in [1.807, 2.05) is 0 Å². The monoisotopic (exact) mass is 239 g/mol. The Morgan fingerprint density at radius 2 is 2.00 bits per heavy atom. The Labute approximate surface area is 107 Å². The Morgan fingerprint density at radius 3 is 2.65 bits per heavy atom. The molecule has 1 aliphatic heterocycles. The Kier molecular flexibility index (Phi) is 4.87.